The Balaban J connectivity index is 1.72. The number of amides is 2. The summed E-state index contributed by atoms with van der Waals surface area (Å²) in [5, 5.41) is 13.6. The number of methoxy groups -OCH3 is 1. The third-order valence-corrected chi connectivity index (χ3v) is 7.27. The molecule has 2 aliphatic heterocycles. The lowest BCUT2D eigenvalue weighted by Crippen LogP contribution is -2.82. The molecule has 1 aromatic rings. The van der Waals surface area contributed by atoms with Crippen molar-refractivity contribution < 1.29 is 33.8 Å². The number of thiophene rings is 1. The molecular weight excluding hydrogens is 408 g/mol. The number of rotatable bonds is 7. The normalized spacial score (nSPS) is 28.9. The lowest BCUT2D eigenvalue weighted by molar-refractivity contribution is -0.202. The fraction of sp³-hybridized carbons (Fsp3) is 0.529. The molecule has 0 aliphatic carbocycles. The van der Waals surface area contributed by atoms with Crippen LogP contribution in [0.15, 0.2) is 17.5 Å². The van der Waals surface area contributed by atoms with Crippen molar-refractivity contribution in [3.8, 4) is 0 Å². The Morgan fingerprint density at radius 3 is 2.75 bits per heavy atom. The summed E-state index contributed by atoms with van der Waals surface area (Å²) in [6, 6.07) is 3.66. The quantitative estimate of drug-likeness (QED) is 0.361. The minimum absolute atomic E-state index is 0.107. The molecule has 2 aliphatic rings. The fourth-order valence-electron chi connectivity index (χ4n) is 3.25. The molecule has 28 heavy (non-hydrogen) atoms. The van der Waals surface area contributed by atoms with Crippen LogP contribution in [0.5, 0.6) is 0 Å². The number of aliphatic carboxylic acids is 1. The molecule has 0 bridgehead atoms. The maximum Gasteiger partial charge on any atom is 0.315 e. The first-order valence-electron chi connectivity index (χ1n) is 8.42. The van der Waals surface area contributed by atoms with Crippen LogP contribution in [0.4, 0.5) is 0 Å². The number of thioether (sulfide) groups is 1. The molecule has 0 radical (unpaired) electrons. The van der Waals surface area contributed by atoms with E-state index in [9.17, 15) is 24.3 Å². The summed E-state index contributed by atoms with van der Waals surface area (Å²) in [6.07, 6.45) is 0.124. The number of esters is 1. The van der Waals surface area contributed by atoms with E-state index in [1.54, 1.807) is 0 Å². The number of nitrogens with one attached hydrogen (secondary N) is 1. The summed E-state index contributed by atoms with van der Waals surface area (Å²) in [5.74, 6) is -2.50. The number of carboxylic acid groups (broad SMARTS) is 1. The van der Waals surface area contributed by atoms with Crippen molar-refractivity contribution in [2.45, 2.75) is 24.4 Å². The first-order chi connectivity index (χ1) is 13.2. The molecule has 2 amide bonds. The van der Waals surface area contributed by atoms with Crippen LogP contribution >= 0.6 is 23.1 Å². The second-order valence-corrected chi connectivity index (χ2v) is 8.81. The highest BCUT2D eigenvalue weighted by Gasteiger charge is 2.67. The lowest BCUT2D eigenvalue weighted by Gasteiger charge is -2.58. The van der Waals surface area contributed by atoms with Gasteiger partial charge in [-0.1, -0.05) is 6.07 Å². The number of nitrogens with zero attached hydrogens (tertiary/aromatic N) is 1. The topological polar surface area (TPSA) is 122 Å². The van der Waals surface area contributed by atoms with Gasteiger partial charge in [-0.05, 0) is 11.4 Å². The van der Waals surface area contributed by atoms with Crippen molar-refractivity contribution >= 4 is 46.9 Å². The van der Waals surface area contributed by atoms with E-state index < -0.39 is 34.4 Å². The van der Waals surface area contributed by atoms with Crippen molar-refractivity contribution in [2.24, 2.45) is 5.41 Å². The Morgan fingerprint density at radius 1 is 1.43 bits per heavy atom. The Labute approximate surface area is 169 Å². The second-order valence-electron chi connectivity index (χ2n) is 6.71. The van der Waals surface area contributed by atoms with Gasteiger partial charge in [-0.15, -0.1) is 23.1 Å². The van der Waals surface area contributed by atoms with Gasteiger partial charge >= 0.3 is 11.9 Å². The highest BCUT2D eigenvalue weighted by molar-refractivity contribution is 8.00. The van der Waals surface area contributed by atoms with Gasteiger partial charge in [0.05, 0.1) is 6.42 Å². The first kappa shape index (κ1) is 20.6. The highest BCUT2D eigenvalue weighted by atomic mass is 32.2. The largest absolute Gasteiger partial charge is 0.481 e. The summed E-state index contributed by atoms with van der Waals surface area (Å²) >= 11 is 2.62. The standard InChI is InChI=1S/C17H20N2O7S2/c1-10(20)26-8-16(15(23)24)7-19-13(22)17(25-2,14(19)28-9-16)18-12(21)6-11-4-3-5-27-11/h3-5,14H,6-9H2,1-2H3,(H,18,21)(H,23,24)/t14-,16?,17?/m1/s1. The van der Waals surface area contributed by atoms with E-state index in [0.717, 1.165) is 4.88 Å². The smallest absolute Gasteiger partial charge is 0.315 e. The van der Waals surface area contributed by atoms with E-state index in [1.807, 2.05) is 17.5 Å². The van der Waals surface area contributed by atoms with Crippen LogP contribution in [0.3, 0.4) is 0 Å². The van der Waals surface area contributed by atoms with Gasteiger partial charge in [0.15, 0.2) is 0 Å². The van der Waals surface area contributed by atoms with Crippen molar-refractivity contribution in [1.29, 1.82) is 0 Å². The average Bonchev–Trinajstić information content (AvgIpc) is 3.16. The van der Waals surface area contributed by atoms with Gasteiger partial charge in [-0.3, -0.25) is 19.2 Å². The Bertz CT molecular complexity index is 799. The molecule has 3 rings (SSSR count). The molecule has 2 fully saturated rings. The molecular formula is C17H20N2O7S2. The molecule has 3 heterocycles. The molecule has 0 spiro atoms. The van der Waals surface area contributed by atoms with Gasteiger partial charge in [-0.25, -0.2) is 0 Å². The van der Waals surface area contributed by atoms with Crippen LogP contribution in [0.2, 0.25) is 0 Å². The van der Waals surface area contributed by atoms with E-state index in [4.69, 9.17) is 9.47 Å². The third kappa shape index (κ3) is 3.49. The zero-order valence-electron chi connectivity index (χ0n) is 15.3. The minimum Gasteiger partial charge on any atom is -0.481 e. The zero-order chi connectivity index (χ0) is 20.5. The molecule has 0 aromatic carbocycles. The predicted octanol–water partition coefficient (Wildman–Crippen LogP) is 0.299. The summed E-state index contributed by atoms with van der Waals surface area (Å²) in [6.45, 7) is 0.742. The number of carboxylic acids is 1. The Morgan fingerprint density at radius 2 is 2.18 bits per heavy atom. The van der Waals surface area contributed by atoms with Gasteiger partial charge in [0, 0.05) is 31.2 Å². The average molecular weight is 428 g/mol. The molecule has 9 nitrogen and oxygen atoms in total. The van der Waals surface area contributed by atoms with Crippen LogP contribution in [-0.4, -0.2) is 70.9 Å². The van der Waals surface area contributed by atoms with E-state index in [2.05, 4.69) is 5.32 Å². The SMILES string of the molecule is COC1(NC(=O)Cc2cccs2)C(=O)N2CC(COC(C)=O)(C(=O)O)CS[C@@H]21. The fourth-order valence-corrected chi connectivity index (χ4v) is 5.57. The van der Waals surface area contributed by atoms with Crippen molar-refractivity contribution in [2.75, 3.05) is 26.0 Å². The van der Waals surface area contributed by atoms with Gasteiger partial charge in [0.25, 0.3) is 11.6 Å². The van der Waals surface area contributed by atoms with Crippen LogP contribution in [0, 0.1) is 5.41 Å². The highest BCUT2D eigenvalue weighted by Crippen LogP contribution is 2.47. The number of hydrogen-bond acceptors (Lipinski definition) is 8. The minimum atomic E-state index is -1.52. The molecule has 1 aromatic heterocycles. The van der Waals surface area contributed by atoms with Crippen LogP contribution in [-0.2, 0) is 35.1 Å². The summed E-state index contributed by atoms with van der Waals surface area (Å²) in [7, 11) is 1.33. The number of β-lactam (4-membered cyclic amide) rings is 1. The monoisotopic (exact) mass is 428 g/mol. The number of fused-ring (bicyclic) bond motifs is 1. The maximum atomic E-state index is 12.8. The Kier molecular flexibility index (Phi) is 5.69. The van der Waals surface area contributed by atoms with E-state index in [1.165, 1.54) is 42.0 Å². The number of carbonyl (C=O) groups is 4. The summed E-state index contributed by atoms with van der Waals surface area (Å²) in [5.41, 5.74) is -2.92. The molecule has 2 unspecified atom stereocenters. The third-order valence-electron chi connectivity index (χ3n) is 4.77. The molecule has 2 saturated heterocycles. The maximum absolute atomic E-state index is 12.8. The predicted molar refractivity (Wildman–Crippen MR) is 101 cm³/mol. The number of ether oxygens (including phenoxy) is 2. The van der Waals surface area contributed by atoms with E-state index in [-0.39, 0.29) is 31.2 Å². The van der Waals surface area contributed by atoms with Crippen molar-refractivity contribution in [3.05, 3.63) is 22.4 Å². The van der Waals surface area contributed by atoms with Crippen molar-refractivity contribution in [3.63, 3.8) is 0 Å². The van der Waals surface area contributed by atoms with E-state index in [0.29, 0.717) is 0 Å². The van der Waals surface area contributed by atoms with Crippen LogP contribution < -0.4 is 5.32 Å². The van der Waals surface area contributed by atoms with E-state index >= 15 is 0 Å². The summed E-state index contributed by atoms with van der Waals surface area (Å²) in [4.78, 5) is 50.3. The number of hydrogen-bond donors (Lipinski definition) is 2. The summed E-state index contributed by atoms with van der Waals surface area (Å²) < 4.78 is 10.3. The molecule has 3 atom stereocenters. The zero-order valence-corrected chi connectivity index (χ0v) is 16.9. The van der Waals surface area contributed by atoms with Gasteiger partial charge < -0.3 is 24.8 Å². The number of carbonyl (C=O) groups excluding carboxylic acids is 3. The van der Waals surface area contributed by atoms with Gasteiger partial charge in [-0.2, -0.15) is 0 Å². The molecule has 11 heteroatoms. The van der Waals surface area contributed by atoms with Crippen LogP contribution in [0.25, 0.3) is 0 Å². The lowest BCUT2D eigenvalue weighted by atomic mass is 9.87. The van der Waals surface area contributed by atoms with Gasteiger partial charge in [0.1, 0.15) is 17.4 Å². The molecule has 0 saturated carbocycles. The molecule has 2 N–H and O–H groups in total. The first-order valence-corrected chi connectivity index (χ1v) is 10.3. The second kappa shape index (κ2) is 7.72. The Hall–Kier alpha value is -2.11. The van der Waals surface area contributed by atoms with Crippen LogP contribution in [0.1, 0.15) is 11.8 Å². The van der Waals surface area contributed by atoms with Crippen molar-refractivity contribution in [1.82, 2.24) is 10.2 Å². The van der Waals surface area contributed by atoms with Gasteiger partial charge in [0.2, 0.25) is 5.91 Å². The molecule has 152 valence electrons.